The number of rotatable bonds is 7. The lowest BCUT2D eigenvalue weighted by molar-refractivity contribution is -0.152. The molecule has 1 unspecified atom stereocenters. The van der Waals surface area contributed by atoms with Gasteiger partial charge in [-0.1, -0.05) is 18.9 Å². The van der Waals surface area contributed by atoms with Crippen molar-refractivity contribution in [2.45, 2.75) is 39.2 Å². The van der Waals surface area contributed by atoms with Crippen molar-refractivity contribution in [2.75, 3.05) is 6.61 Å². The molecule has 0 bridgehead atoms. The van der Waals surface area contributed by atoms with E-state index in [9.17, 15) is 4.79 Å². The van der Waals surface area contributed by atoms with Gasteiger partial charge in [-0.25, -0.2) is 5.84 Å². The van der Waals surface area contributed by atoms with Crippen LogP contribution in [0.2, 0.25) is 0 Å². The van der Waals surface area contributed by atoms with E-state index >= 15 is 0 Å². The molecule has 3 N–H and O–H groups in total. The molecule has 0 amide bonds. The molecule has 0 aliphatic heterocycles. The van der Waals surface area contributed by atoms with Gasteiger partial charge in [-0.05, 0) is 13.3 Å². The summed E-state index contributed by atoms with van der Waals surface area (Å²) in [4.78, 5) is 15.0. The fourth-order valence-electron chi connectivity index (χ4n) is 0.950. The first kappa shape index (κ1) is 12.3. The Balaban J connectivity index is 3.28. The van der Waals surface area contributed by atoms with E-state index in [4.69, 9.17) is 10.6 Å². The fraction of sp³-hybridized carbons (Fsp3) is 0.875. The normalized spacial score (nSPS) is 12.5. The maximum absolute atomic E-state index is 10.7. The molecule has 0 aromatic rings. The number of hydrogen-bond acceptors (Lipinski definition) is 5. The van der Waals surface area contributed by atoms with Crippen LogP contribution in [0.25, 0.3) is 0 Å². The zero-order valence-corrected chi connectivity index (χ0v) is 8.21. The topological polar surface area (TPSA) is 73.6 Å². The summed E-state index contributed by atoms with van der Waals surface area (Å²) in [5.41, 5.74) is 1.83. The lowest BCUT2D eigenvalue weighted by Crippen LogP contribution is -2.27. The summed E-state index contributed by atoms with van der Waals surface area (Å²) >= 11 is 0. The quantitative estimate of drug-likeness (QED) is 0.452. The van der Waals surface area contributed by atoms with E-state index in [2.05, 4.69) is 11.8 Å². The molecule has 5 heteroatoms. The monoisotopic (exact) mass is 190 g/mol. The molecule has 0 spiro atoms. The Kier molecular flexibility index (Phi) is 7.57. The Morgan fingerprint density at radius 1 is 1.62 bits per heavy atom. The first-order valence-corrected chi connectivity index (χ1v) is 4.47. The minimum Gasteiger partial charge on any atom is -0.378 e. The molecule has 0 fully saturated rings. The predicted molar refractivity (Wildman–Crippen MR) is 48.4 cm³/mol. The van der Waals surface area contributed by atoms with Gasteiger partial charge in [-0.3, -0.25) is 4.79 Å². The van der Waals surface area contributed by atoms with Gasteiger partial charge in [0.25, 0.3) is 0 Å². The number of ether oxygens (including phenoxy) is 1. The third-order valence-corrected chi connectivity index (χ3v) is 1.58. The molecule has 0 heterocycles. The maximum atomic E-state index is 10.7. The Labute approximate surface area is 78.5 Å². The molecule has 0 saturated carbocycles. The van der Waals surface area contributed by atoms with Gasteiger partial charge in [0.1, 0.15) is 0 Å². The summed E-state index contributed by atoms with van der Waals surface area (Å²) < 4.78 is 5.33. The molecule has 78 valence electrons. The predicted octanol–water partition coefficient (Wildman–Crippen LogP) is 0.503. The van der Waals surface area contributed by atoms with Gasteiger partial charge in [-0.2, -0.15) is 0 Å². The highest BCUT2D eigenvalue weighted by Crippen LogP contribution is 2.01. The van der Waals surface area contributed by atoms with E-state index in [-0.39, 0.29) is 12.5 Å². The highest BCUT2D eigenvalue weighted by Gasteiger charge is 2.04. The first-order valence-electron chi connectivity index (χ1n) is 4.47. The third-order valence-electron chi connectivity index (χ3n) is 1.58. The molecule has 0 aliphatic rings. The molecular formula is C8H18N2O3. The summed E-state index contributed by atoms with van der Waals surface area (Å²) in [5, 5.41) is 0. The highest BCUT2D eigenvalue weighted by atomic mass is 16.7. The van der Waals surface area contributed by atoms with Crippen LogP contribution in [0, 0.1) is 0 Å². The summed E-state index contributed by atoms with van der Waals surface area (Å²) in [7, 11) is 0. The molecule has 0 saturated heterocycles. The van der Waals surface area contributed by atoms with Gasteiger partial charge in [0.2, 0.25) is 0 Å². The van der Waals surface area contributed by atoms with Crippen LogP contribution in [0.1, 0.15) is 33.1 Å². The smallest absolute Gasteiger partial charge is 0.328 e. The lowest BCUT2D eigenvalue weighted by Gasteiger charge is -2.10. The van der Waals surface area contributed by atoms with Gasteiger partial charge >= 0.3 is 5.97 Å². The summed E-state index contributed by atoms with van der Waals surface area (Å²) in [6.07, 6.45) is 2.50. The van der Waals surface area contributed by atoms with Gasteiger partial charge in [0.05, 0.1) is 19.1 Å². The Hall–Kier alpha value is -0.650. The summed E-state index contributed by atoms with van der Waals surface area (Å²) in [5.74, 6) is 4.36. The van der Waals surface area contributed by atoms with Gasteiger partial charge < -0.3 is 9.57 Å². The SMILES string of the molecule is CCCC(C)OCCC(=O)ONN. The van der Waals surface area contributed by atoms with Crippen molar-refractivity contribution in [3.8, 4) is 0 Å². The Morgan fingerprint density at radius 3 is 2.85 bits per heavy atom. The first-order chi connectivity index (χ1) is 6.20. The molecule has 5 nitrogen and oxygen atoms in total. The van der Waals surface area contributed by atoms with Crippen molar-refractivity contribution in [3.63, 3.8) is 0 Å². The second-order valence-corrected chi connectivity index (χ2v) is 2.81. The summed E-state index contributed by atoms with van der Waals surface area (Å²) in [6, 6.07) is 0. The van der Waals surface area contributed by atoms with E-state index in [1.807, 2.05) is 12.5 Å². The standard InChI is InChI=1S/C8H18N2O3/c1-3-4-7(2)12-6-5-8(11)13-10-9/h7,10H,3-6,9H2,1-2H3. The van der Waals surface area contributed by atoms with E-state index in [0.717, 1.165) is 12.8 Å². The number of hydrazine groups is 1. The van der Waals surface area contributed by atoms with Crippen molar-refractivity contribution in [3.05, 3.63) is 0 Å². The number of carbonyl (C=O) groups excluding carboxylic acids is 1. The van der Waals surface area contributed by atoms with Crippen LogP contribution in [0.4, 0.5) is 0 Å². The van der Waals surface area contributed by atoms with Crippen LogP contribution in [-0.2, 0) is 14.4 Å². The Morgan fingerprint density at radius 2 is 2.31 bits per heavy atom. The lowest BCUT2D eigenvalue weighted by atomic mass is 10.2. The molecule has 0 radical (unpaired) electrons. The second kappa shape index (κ2) is 7.97. The number of carbonyl (C=O) groups is 1. The maximum Gasteiger partial charge on any atom is 0.328 e. The molecule has 0 rings (SSSR count). The molecule has 0 aromatic carbocycles. The number of nitrogens with one attached hydrogen (secondary N) is 1. The average molecular weight is 190 g/mol. The van der Waals surface area contributed by atoms with E-state index in [0.29, 0.717) is 6.61 Å². The highest BCUT2D eigenvalue weighted by molar-refractivity contribution is 5.69. The van der Waals surface area contributed by atoms with Crippen LogP contribution in [0.5, 0.6) is 0 Å². The number of hydrogen-bond donors (Lipinski definition) is 2. The van der Waals surface area contributed by atoms with Crippen LogP contribution in [0.3, 0.4) is 0 Å². The van der Waals surface area contributed by atoms with Crippen molar-refractivity contribution in [1.29, 1.82) is 0 Å². The van der Waals surface area contributed by atoms with Crippen molar-refractivity contribution in [2.24, 2.45) is 5.84 Å². The molecule has 0 aliphatic carbocycles. The van der Waals surface area contributed by atoms with Crippen molar-refractivity contribution >= 4 is 5.97 Å². The number of nitrogens with two attached hydrogens (primary N) is 1. The zero-order chi connectivity index (χ0) is 10.1. The van der Waals surface area contributed by atoms with Crippen LogP contribution in [-0.4, -0.2) is 18.7 Å². The average Bonchev–Trinajstić information content (AvgIpc) is 2.05. The van der Waals surface area contributed by atoms with E-state index in [1.54, 1.807) is 0 Å². The van der Waals surface area contributed by atoms with E-state index < -0.39 is 5.97 Å². The molecule has 1 atom stereocenters. The molecule has 13 heavy (non-hydrogen) atoms. The Bertz CT molecular complexity index is 141. The zero-order valence-electron chi connectivity index (χ0n) is 8.21. The van der Waals surface area contributed by atoms with Gasteiger partial charge in [-0.15, -0.1) is 0 Å². The summed E-state index contributed by atoms with van der Waals surface area (Å²) in [6.45, 7) is 4.45. The molecule has 0 aromatic heterocycles. The second-order valence-electron chi connectivity index (χ2n) is 2.81. The van der Waals surface area contributed by atoms with Gasteiger partial charge in [0, 0.05) is 0 Å². The molecular weight excluding hydrogens is 172 g/mol. The minimum atomic E-state index is -0.411. The fourth-order valence-corrected chi connectivity index (χ4v) is 0.950. The van der Waals surface area contributed by atoms with E-state index in [1.165, 1.54) is 0 Å². The van der Waals surface area contributed by atoms with Crippen LogP contribution in [0.15, 0.2) is 0 Å². The minimum absolute atomic E-state index is 0.198. The van der Waals surface area contributed by atoms with Crippen LogP contribution >= 0.6 is 0 Å². The van der Waals surface area contributed by atoms with Crippen molar-refractivity contribution < 1.29 is 14.4 Å². The third kappa shape index (κ3) is 7.70. The van der Waals surface area contributed by atoms with Gasteiger partial charge in [0.15, 0.2) is 0 Å². The van der Waals surface area contributed by atoms with Crippen LogP contribution < -0.4 is 11.4 Å². The van der Waals surface area contributed by atoms with Crippen molar-refractivity contribution in [1.82, 2.24) is 5.59 Å². The largest absolute Gasteiger partial charge is 0.378 e.